The number of aromatic nitrogens is 1. The molecule has 1 fully saturated rings. The molecule has 0 saturated carbocycles. The van der Waals surface area contributed by atoms with Crippen LogP contribution in [-0.2, 0) is 11.0 Å². The van der Waals surface area contributed by atoms with E-state index in [9.17, 15) is 32.9 Å². The van der Waals surface area contributed by atoms with Crippen LogP contribution < -0.4 is 5.32 Å². The van der Waals surface area contributed by atoms with Gasteiger partial charge in [0.2, 0.25) is 11.8 Å². The molecule has 1 aromatic heterocycles. The second-order valence-corrected chi connectivity index (χ2v) is 8.65. The maximum atomic E-state index is 13.1. The van der Waals surface area contributed by atoms with Crippen LogP contribution in [0.3, 0.4) is 0 Å². The number of nitrogens with zero attached hydrogens (tertiary/aromatic N) is 4. The van der Waals surface area contributed by atoms with E-state index in [-0.39, 0.29) is 46.6 Å². The van der Waals surface area contributed by atoms with E-state index in [1.807, 2.05) is 0 Å². The highest BCUT2D eigenvalue weighted by Gasteiger charge is 2.31. The molecule has 2 heterocycles. The molecule has 0 spiro atoms. The van der Waals surface area contributed by atoms with Crippen LogP contribution in [0.1, 0.15) is 23.0 Å². The van der Waals surface area contributed by atoms with Crippen molar-refractivity contribution in [3.05, 3.63) is 69.9 Å². The van der Waals surface area contributed by atoms with Gasteiger partial charge >= 0.3 is 6.18 Å². The molecular formula is C25H24F3N5O5. The van der Waals surface area contributed by atoms with Gasteiger partial charge in [0.05, 0.1) is 16.1 Å². The monoisotopic (exact) mass is 531 g/mol. The third-order valence-electron chi connectivity index (χ3n) is 6.18. The Morgan fingerprint density at radius 1 is 1.08 bits per heavy atom. The van der Waals surface area contributed by atoms with Crippen LogP contribution in [0.25, 0.3) is 22.8 Å². The molecule has 4 rings (SSSR count). The Kier molecular flexibility index (Phi) is 7.76. The number of nitro groups is 1. The first-order valence-electron chi connectivity index (χ1n) is 11.7. The van der Waals surface area contributed by atoms with E-state index < -0.39 is 22.6 Å². The second kappa shape index (κ2) is 11.0. The van der Waals surface area contributed by atoms with Crippen LogP contribution in [0.15, 0.2) is 52.9 Å². The lowest BCUT2D eigenvalue weighted by molar-refractivity contribution is -0.384. The summed E-state index contributed by atoms with van der Waals surface area (Å²) in [5, 5.41) is 14.3. The van der Waals surface area contributed by atoms with Crippen molar-refractivity contribution in [2.24, 2.45) is 0 Å². The van der Waals surface area contributed by atoms with Crippen molar-refractivity contribution in [2.45, 2.75) is 13.1 Å². The number of halogens is 3. The second-order valence-electron chi connectivity index (χ2n) is 8.65. The van der Waals surface area contributed by atoms with Gasteiger partial charge in [-0.15, -0.1) is 0 Å². The zero-order valence-electron chi connectivity index (χ0n) is 20.3. The maximum Gasteiger partial charge on any atom is 0.416 e. The number of oxazole rings is 1. The lowest BCUT2D eigenvalue weighted by atomic mass is 10.1. The molecule has 38 heavy (non-hydrogen) atoms. The molecule has 0 bridgehead atoms. The number of carbonyl (C=O) groups excluding carboxylic acids is 2. The van der Waals surface area contributed by atoms with Gasteiger partial charge in [-0.25, -0.2) is 4.98 Å². The van der Waals surface area contributed by atoms with Crippen molar-refractivity contribution in [1.82, 2.24) is 20.1 Å². The van der Waals surface area contributed by atoms with Crippen LogP contribution in [0, 0.1) is 10.1 Å². The molecule has 0 radical (unpaired) electrons. The molecule has 1 saturated heterocycles. The molecule has 1 N–H and O–H groups in total. The molecule has 1 aliphatic rings. The number of para-hydroxylation sites is 1. The zero-order valence-corrected chi connectivity index (χ0v) is 20.3. The quantitative estimate of drug-likeness (QED) is 0.363. The van der Waals surface area contributed by atoms with Crippen LogP contribution in [0.5, 0.6) is 0 Å². The number of amides is 2. The number of alkyl halides is 3. The van der Waals surface area contributed by atoms with E-state index in [4.69, 9.17) is 4.42 Å². The highest BCUT2D eigenvalue weighted by atomic mass is 19.4. The molecule has 1 aliphatic heterocycles. The number of nitrogens with one attached hydrogen (secondary N) is 1. The molecule has 0 unspecified atom stereocenters. The number of piperazine rings is 1. The molecule has 13 heteroatoms. The van der Waals surface area contributed by atoms with Gasteiger partial charge in [-0.2, -0.15) is 13.2 Å². The van der Waals surface area contributed by atoms with Crippen LogP contribution in [-0.4, -0.2) is 70.8 Å². The molecule has 0 atom stereocenters. The lowest BCUT2D eigenvalue weighted by Gasteiger charge is -2.34. The number of nitro benzene ring substituents is 1. The molecule has 2 amide bonds. The van der Waals surface area contributed by atoms with Crippen molar-refractivity contribution >= 4 is 17.5 Å². The highest BCUT2D eigenvalue weighted by molar-refractivity contribution is 5.99. The van der Waals surface area contributed by atoms with E-state index in [2.05, 4.69) is 15.2 Å². The predicted molar refractivity (Wildman–Crippen MR) is 130 cm³/mol. The Hall–Kier alpha value is -4.26. The average Bonchev–Trinajstić information content (AvgIpc) is 3.34. The van der Waals surface area contributed by atoms with Gasteiger partial charge in [0.15, 0.2) is 11.5 Å². The molecular weight excluding hydrogens is 507 g/mol. The summed E-state index contributed by atoms with van der Waals surface area (Å²) >= 11 is 0. The number of carbonyl (C=O) groups is 2. The Bertz CT molecular complexity index is 1330. The smallest absolute Gasteiger partial charge is 0.416 e. The van der Waals surface area contributed by atoms with Crippen molar-refractivity contribution in [1.29, 1.82) is 0 Å². The molecule has 2 aromatic carbocycles. The minimum Gasteiger partial charge on any atom is -0.435 e. The van der Waals surface area contributed by atoms with E-state index in [0.717, 1.165) is 24.3 Å². The standard InChI is InChI=1S/C25H24F3N5O5/c1-16(34)32-14-12-31(13-15-32)11-10-29-23(35)21-22(19-4-2-3-5-20(19)33(36)37)38-24(30-21)17-6-8-18(9-7-17)25(26,27)28/h2-9H,10-15H2,1H3,(H,29,35). The molecule has 0 aliphatic carbocycles. The number of hydrogen-bond acceptors (Lipinski definition) is 7. The van der Waals surface area contributed by atoms with Crippen molar-refractivity contribution in [2.75, 3.05) is 39.3 Å². The normalized spacial score (nSPS) is 14.4. The minimum atomic E-state index is -4.53. The fourth-order valence-corrected chi connectivity index (χ4v) is 4.10. The number of benzene rings is 2. The van der Waals surface area contributed by atoms with Gasteiger partial charge in [-0.1, -0.05) is 12.1 Å². The van der Waals surface area contributed by atoms with Gasteiger partial charge in [0.25, 0.3) is 11.6 Å². The first-order valence-corrected chi connectivity index (χ1v) is 11.7. The lowest BCUT2D eigenvalue weighted by Crippen LogP contribution is -2.49. The largest absolute Gasteiger partial charge is 0.435 e. The van der Waals surface area contributed by atoms with Gasteiger partial charge in [-0.05, 0) is 30.3 Å². The maximum absolute atomic E-state index is 13.1. The van der Waals surface area contributed by atoms with Gasteiger partial charge < -0.3 is 14.6 Å². The van der Waals surface area contributed by atoms with E-state index in [1.54, 1.807) is 4.90 Å². The summed E-state index contributed by atoms with van der Waals surface area (Å²) in [6, 6.07) is 9.66. The van der Waals surface area contributed by atoms with Crippen molar-refractivity contribution in [3.63, 3.8) is 0 Å². The van der Waals surface area contributed by atoms with E-state index in [0.29, 0.717) is 32.7 Å². The number of rotatable bonds is 7. The topological polar surface area (TPSA) is 122 Å². The molecule has 3 aromatic rings. The van der Waals surface area contributed by atoms with E-state index in [1.165, 1.54) is 31.2 Å². The van der Waals surface area contributed by atoms with E-state index >= 15 is 0 Å². The Labute approximate surface area is 215 Å². The summed E-state index contributed by atoms with van der Waals surface area (Å²) in [6.45, 7) is 4.73. The van der Waals surface area contributed by atoms with Crippen molar-refractivity contribution < 1.29 is 32.1 Å². The predicted octanol–water partition coefficient (Wildman–Crippen LogP) is 3.83. The van der Waals surface area contributed by atoms with Gasteiger partial charge in [-0.3, -0.25) is 24.6 Å². The van der Waals surface area contributed by atoms with Crippen molar-refractivity contribution in [3.8, 4) is 22.8 Å². The highest BCUT2D eigenvalue weighted by Crippen LogP contribution is 2.36. The first-order chi connectivity index (χ1) is 18.0. The molecule has 10 nitrogen and oxygen atoms in total. The molecule has 200 valence electrons. The fraction of sp³-hybridized carbons (Fsp3) is 0.320. The summed E-state index contributed by atoms with van der Waals surface area (Å²) in [5.41, 5.74) is -1.24. The average molecular weight is 531 g/mol. The summed E-state index contributed by atoms with van der Waals surface area (Å²) in [7, 11) is 0. The third kappa shape index (κ3) is 5.99. The Morgan fingerprint density at radius 3 is 2.34 bits per heavy atom. The number of hydrogen-bond donors (Lipinski definition) is 1. The summed E-state index contributed by atoms with van der Waals surface area (Å²) in [4.78, 5) is 43.6. The summed E-state index contributed by atoms with van der Waals surface area (Å²) < 4.78 is 44.7. The van der Waals surface area contributed by atoms with Crippen LogP contribution in [0.2, 0.25) is 0 Å². The van der Waals surface area contributed by atoms with Crippen LogP contribution >= 0.6 is 0 Å². The zero-order chi connectivity index (χ0) is 27.4. The minimum absolute atomic E-state index is 0.00802. The van der Waals surface area contributed by atoms with Crippen LogP contribution in [0.4, 0.5) is 18.9 Å². The third-order valence-corrected chi connectivity index (χ3v) is 6.18. The SMILES string of the molecule is CC(=O)N1CCN(CCNC(=O)c2nc(-c3ccc(C(F)(F)F)cc3)oc2-c2ccccc2[N+](=O)[O-])CC1. The van der Waals surface area contributed by atoms with Gasteiger partial charge in [0, 0.05) is 57.8 Å². The first kappa shape index (κ1) is 26.8. The summed E-state index contributed by atoms with van der Waals surface area (Å²) in [6.07, 6.45) is -4.53. The van der Waals surface area contributed by atoms with Gasteiger partial charge in [0.1, 0.15) is 0 Å². The fourth-order valence-electron chi connectivity index (χ4n) is 4.10. The Morgan fingerprint density at radius 2 is 1.74 bits per heavy atom. The Balaban J connectivity index is 1.57. The summed E-state index contributed by atoms with van der Waals surface area (Å²) in [5.74, 6) is -0.963.